The van der Waals surface area contributed by atoms with Crippen molar-refractivity contribution in [2.24, 2.45) is 0 Å². The van der Waals surface area contributed by atoms with E-state index in [1.54, 1.807) is 11.8 Å². The van der Waals surface area contributed by atoms with Crippen molar-refractivity contribution in [3.63, 3.8) is 0 Å². The lowest BCUT2D eigenvalue weighted by atomic mass is 10.0. The Bertz CT molecular complexity index is 1000. The third-order valence-electron chi connectivity index (χ3n) is 4.51. The van der Waals surface area contributed by atoms with Gasteiger partial charge in [-0.25, -0.2) is 4.98 Å². The van der Waals surface area contributed by atoms with E-state index in [4.69, 9.17) is 15.6 Å². The van der Waals surface area contributed by atoms with E-state index in [2.05, 4.69) is 9.97 Å². The molecule has 7 nitrogen and oxygen atoms in total. The Morgan fingerprint density at radius 2 is 1.96 bits per heavy atom. The fourth-order valence-electron chi connectivity index (χ4n) is 3.11. The van der Waals surface area contributed by atoms with Crippen LogP contribution in [-0.2, 0) is 0 Å². The van der Waals surface area contributed by atoms with E-state index in [1.165, 1.54) is 0 Å². The lowest BCUT2D eigenvalue weighted by molar-refractivity contribution is 0.0803. The lowest BCUT2D eigenvalue weighted by Gasteiger charge is -2.14. The predicted octanol–water partition coefficient (Wildman–Crippen LogP) is 2.40. The van der Waals surface area contributed by atoms with Gasteiger partial charge in [-0.3, -0.25) is 4.79 Å². The van der Waals surface area contributed by atoms with Gasteiger partial charge in [0.1, 0.15) is 6.61 Å². The van der Waals surface area contributed by atoms with Crippen LogP contribution < -0.4 is 10.5 Å². The van der Waals surface area contributed by atoms with Crippen LogP contribution in [0, 0.1) is 0 Å². The number of nitrogen functional groups attached to an aromatic ring is 1. The van der Waals surface area contributed by atoms with Gasteiger partial charge < -0.3 is 20.5 Å². The molecule has 144 valence electrons. The van der Waals surface area contributed by atoms with Gasteiger partial charge in [0.25, 0.3) is 5.91 Å². The van der Waals surface area contributed by atoms with Crippen molar-refractivity contribution in [2.45, 2.75) is 0 Å². The van der Waals surface area contributed by atoms with Crippen LogP contribution in [0.5, 0.6) is 5.88 Å². The number of anilines is 1. The highest BCUT2D eigenvalue weighted by Crippen LogP contribution is 2.29. The third kappa shape index (κ3) is 3.74. The van der Waals surface area contributed by atoms with E-state index in [-0.39, 0.29) is 25.1 Å². The predicted molar refractivity (Wildman–Crippen MR) is 110 cm³/mol. The van der Waals surface area contributed by atoms with E-state index in [0.717, 1.165) is 34.7 Å². The smallest absolute Gasteiger partial charge is 0.254 e. The van der Waals surface area contributed by atoms with Crippen molar-refractivity contribution in [3.05, 3.63) is 48.0 Å². The number of nitrogens with two attached hydrogens (primary N) is 1. The Morgan fingerprint density at radius 3 is 2.68 bits per heavy atom. The fraction of sp³-hybridized carbons (Fsp3) is 0.250. The number of aliphatic hydroxyl groups excluding tert-OH is 1. The molecule has 1 aliphatic heterocycles. The first-order valence-electron chi connectivity index (χ1n) is 8.94. The minimum atomic E-state index is -0.115. The van der Waals surface area contributed by atoms with Crippen LogP contribution in [0.1, 0.15) is 10.4 Å². The minimum absolute atomic E-state index is 0.0682. The molecule has 3 aromatic rings. The summed E-state index contributed by atoms with van der Waals surface area (Å²) in [5.41, 5.74) is 9.02. The number of ether oxygens (including phenoxy) is 1. The summed E-state index contributed by atoms with van der Waals surface area (Å²) in [6.45, 7) is 0.813. The second-order valence-corrected chi connectivity index (χ2v) is 7.45. The molecule has 3 N–H and O–H groups in total. The van der Waals surface area contributed by atoms with Crippen molar-refractivity contribution in [1.29, 1.82) is 0 Å². The maximum Gasteiger partial charge on any atom is 0.254 e. The number of nitrogens with zero attached hydrogens (tertiary/aromatic N) is 3. The number of amides is 1. The largest absolute Gasteiger partial charge is 0.475 e. The lowest BCUT2D eigenvalue weighted by Crippen LogP contribution is -2.27. The fourth-order valence-corrected chi connectivity index (χ4v) is 4.06. The number of carbonyl (C=O) groups is 1. The van der Waals surface area contributed by atoms with Crippen molar-refractivity contribution in [2.75, 3.05) is 37.1 Å². The van der Waals surface area contributed by atoms with E-state index < -0.39 is 0 Å². The number of hydrogen-bond donors (Lipinski definition) is 2. The van der Waals surface area contributed by atoms with Gasteiger partial charge in [0.05, 0.1) is 23.4 Å². The zero-order valence-electron chi connectivity index (χ0n) is 15.2. The Morgan fingerprint density at radius 1 is 1.18 bits per heavy atom. The zero-order chi connectivity index (χ0) is 19.5. The molecule has 0 unspecified atom stereocenters. The number of thioether (sulfide) groups is 1. The Labute approximate surface area is 166 Å². The van der Waals surface area contributed by atoms with E-state index in [1.807, 2.05) is 47.4 Å². The number of hydrogen-bond acceptors (Lipinski definition) is 7. The number of rotatable bonds is 5. The highest BCUT2D eigenvalue weighted by Gasteiger charge is 2.19. The van der Waals surface area contributed by atoms with Crippen molar-refractivity contribution in [3.8, 4) is 17.0 Å². The molecule has 0 bridgehead atoms. The van der Waals surface area contributed by atoms with Crippen molar-refractivity contribution in [1.82, 2.24) is 14.9 Å². The second-order valence-electron chi connectivity index (χ2n) is 6.37. The summed E-state index contributed by atoms with van der Waals surface area (Å²) >= 11 is 1.77. The van der Waals surface area contributed by atoms with Crippen molar-refractivity contribution < 1.29 is 14.6 Å². The minimum Gasteiger partial charge on any atom is -0.475 e. The zero-order valence-corrected chi connectivity index (χ0v) is 16.0. The summed E-state index contributed by atoms with van der Waals surface area (Å²) < 4.78 is 5.51. The molecular weight excluding hydrogens is 376 g/mol. The molecule has 2 heterocycles. The third-order valence-corrected chi connectivity index (χ3v) is 5.48. The summed E-state index contributed by atoms with van der Waals surface area (Å²) in [5.74, 6) is 2.28. The normalized spacial score (nSPS) is 13.8. The van der Waals surface area contributed by atoms with Crippen LogP contribution >= 0.6 is 11.8 Å². The van der Waals surface area contributed by atoms with Crippen LogP contribution in [0.25, 0.3) is 22.0 Å². The highest BCUT2D eigenvalue weighted by molar-refractivity contribution is 7.99. The molecule has 0 radical (unpaired) electrons. The molecule has 8 heteroatoms. The maximum absolute atomic E-state index is 12.5. The molecule has 28 heavy (non-hydrogen) atoms. The van der Waals surface area contributed by atoms with E-state index in [0.29, 0.717) is 17.0 Å². The van der Waals surface area contributed by atoms with E-state index >= 15 is 0 Å². The molecule has 0 spiro atoms. The van der Waals surface area contributed by atoms with E-state index in [9.17, 15) is 4.79 Å². The molecule has 0 aliphatic carbocycles. The Hall–Kier alpha value is -2.84. The quantitative estimate of drug-likeness (QED) is 0.683. The van der Waals surface area contributed by atoms with Gasteiger partial charge >= 0.3 is 0 Å². The van der Waals surface area contributed by atoms with Crippen LogP contribution in [-0.4, -0.2) is 57.3 Å². The molecule has 0 atom stereocenters. The van der Waals surface area contributed by atoms with Gasteiger partial charge in [-0.15, -0.1) is 11.8 Å². The van der Waals surface area contributed by atoms with Gasteiger partial charge in [0, 0.05) is 17.9 Å². The molecule has 1 aromatic heterocycles. The Kier molecular flexibility index (Phi) is 5.31. The highest BCUT2D eigenvalue weighted by atomic mass is 32.2. The Balaban J connectivity index is 1.65. The number of fused-ring (bicyclic) bond motifs is 1. The number of aromatic nitrogens is 2. The molecule has 1 aliphatic rings. The first-order valence-corrected chi connectivity index (χ1v) is 10.1. The molecule has 1 saturated heterocycles. The molecule has 0 saturated carbocycles. The average molecular weight is 396 g/mol. The summed E-state index contributed by atoms with van der Waals surface area (Å²) in [6, 6.07) is 13.3. The molecule has 2 aromatic carbocycles. The summed E-state index contributed by atoms with van der Waals surface area (Å²) in [6.07, 6.45) is 0. The monoisotopic (exact) mass is 396 g/mol. The topological polar surface area (TPSA) is 102 Å². The number of carbonyl (C=O) groups excluding carboxylic acids is 1. The first-order chi connectivity index (χ1) is 13.7. The summed E-state index contributed by atoms with van der Waals surface area (Å²) in [4.78, 5) is 22.7. The van der Waals surface area contributed by atoms with Crippen LogP contribution in [0.4, 0.5) is 5.95 Å². The van der Waals surface area contributed by atoms with Crippen molar-refractivity contribution >= 4 is 34.5 Å². The molecular formula is C20H20N4O3S. The number of aliphatic hydroxyl groups is 1. The second kappa shape index (κ2) is 8.04. The maximum atomic E-state index is 12.5. The molecule has 1 amide bonds. The van der Waals surface area contributed by atoms with Crippen LogP contribution in [0.3, 0.4) is 0 Å². The molecule has 4 rings (SSSR count). The van der Waals surface area contributed by atoms with Gasteiger partial charge in [0.2, 0.25) is 11.8 Å². The van der Waals surface area contributed by atoms with Crippen LogP contribution in [0.15, 0.2) is 42.5 Å². The van der Waals surface area contributed by atoms with Gasteiger partial charge in [-0.05, 0) is 35.4 Å². The first kappa shape index (κ1) is 18.5. The number of benzene rings is 2. The summed E-state index contributed by atoms with van der Waals surface area (Å²) in [5, 5.41) is 9.74. The van der Waals surface area contributed by atoms with Gasteiger partial charge in [-0.1, -0.05) is 18.2 Å². The van der Waals surface area contributed by atoms with Crippen LogP contribution in [0.2, 0.25) is 0 Å². The average Bonchev–Trinajstić information content (AvgIpc) is 3.26. The standard InChI is InChI=1S/C20H20N4O3S/c21-20-22-17-6-5-15(11-16(17)18(23-20)27-9-8-25)13-1-3-14(4-2-13)19(26)24-7-10-28-12-24/h1-6,11,25H,7-10,12H2,(H2,21,22,23). The van der Waals surface area contributed by atoms with Gasteiger partial charge in [0.15, 0.2) is 0 Å². The van der Waals surface area contributed by atoms with Gasteiger partial charge in [-0.2, -0.15) is 4.98 Å². The molecule has 1 fully saturated rings. The SMILES string of the molecule is Nc1nc(OCCO)c2cc(-c3ccc(C(=O)N4CCSC4)cc3)ccc2n1. The summed E-state index contributed by atoms with van der Waals surface area (Å²) in [7, 11) is 0.